The van der Waals surface area contributed by atoms with Crippen molar-refractivity contribution in [2.24, 2.45) is 23.7 Å². The summed E-state index contributed by atoms with van der Waals surface area (Å²) in [5.74, 6) is 5.37. The normalized spacial score (nSPS) is 33.5. The monoisotopic (exact) mass is 426 g/mol. The summed E-state index contributed by atoms with van der Waals surface area (Å²) in [6, 6.07) is 0.454. The number of ether oxygens (including phenoxy) is 1. The second kappa shape index (κ2) is 9.49. The van der Waals surface area contributed by atoms with Gasteiger partial charge in [-0.05, 0) is 43.4 Å². The van der Waals surface area contributed by atoms with Gasteiger partial charge in [-0.15, -0.1) is 23.5 Å². The van der Waals surface area contributed by atoms with Crippen LogP contribution in [-0.2, 0) is 9.53 Å². The van der Waals surface area contributed by atoms with Crippen molar-refractivity contribution in [2.75, 3.05) is 44.4 Å². The molecule has 2 heterocycles. The molecule has 0 aromatic heterocycles. The summed E-state index contributed by atoms with van der Waals surface area (Å²) in [5.41, 5.74) is 0. The maximum Gasteiger partial charge on any atom is 0.223 e. The smallest absolute Gasteiger partial charge is 0.223 e. The second-order valence-electron chi connectivity index (χ2n) is 9.10. The Labute approximate surface area is 179 Å². The minimum Gasteiger partial charge on any atom is -0.379 e. The molecule has 2 aliphatic carbocycles. The lowest BCUT2D eigenvalue weighted by molar-refractivity contribution is -0.127. The van der Waals surface area contributed by atoms with Crippen LogP contribution in [0, 0.1) is 23.7 Å². The van der Waals surface area contributed by atoms with Gasteiger partial charge in [-0.25, -0.2) is 0 Å². The van der Waals surface area contributed by atoms with E-state index in [0.29, 0.717) is 21.9 Å². The van der Waals surface area contributed by atoms with Gasteiger partial charge in [-0.1, -0.05) is 26.7 Å². The molecule has 4 fully saturated rings. The summed E-state index contributed by atoms with van der Waals surface area (Å²) in [7, 11) is 0. The van der Waals surface area contributed by atoms with Gasteiger partial charge in [0.1, 0.15) is 0 Å². The molecule has 4 aliphatic rings. The highest BCUT2D eigenvalue weighted by Crippen LogP contribution is 2.65. The molecule has 2 aliphatic heterocycles. The highest BCUT2D eigenvalue weighted by Gasteiger charge is 2.57. The number of thioether (sulfide) groups is 2. The van der Waals surface area contributed by atoms with Crippen LogP contribution in [-0.4, -0.2) is 65.3 Å². The average molecular weight is 427 g/mol. The first-order chi connectivity index (χ1) is 13.7. The van der Waals surface area contributed by atoms with Gasteiger partial charge in [0, 0.05) is 43.1 Å². The minimum absolute atomic E-state index is 0.247. The van der Waals surface area contributed by atoms with E-state index in [1.54, 1.807) is 0 Å². The van der Waals surface area contributed by atoms with Gasteiger partial charge in [0.15, 0.2) is 0 Å². The summed E-state index contributed by atoms with van der Waals surface area (Å²) < 4.78 is 6.04. The van der Waals surface area contributed by atoms with Crippen LogP contribution in [0.3, 0.4) is 0 Å². The van der Waals surface area contributed by atoms with Crippen LogP contribution in [0.1, 0.15) is 52.4 Å². The summed E-state index contributed by atoms with van der Waals surface area (Å²) in [4.78, 5) is 15.7. The van der Waals surface area contributed by atoms with Crippen molar-refractivity contribution in [3.05, 3.63) is 0 Å². The Morgan fingerprint density at radius 2 is 1.71 bits per heavy atom. The fourth-order valence-corrected chi connectivity index (χ4v) is 10.2. The van der Waals surface area contributed by atoms with Crippen molar-refractivity contribution in [2.45, 2.75) is 62.5 Å². The number of carbonyl (C=O) groups excluding carboxylic acids is 1. The molecule has 4 atom stereocenters. The van der Waals surface area contributed by atoms with Gasteiger partial charge in [0.25, 0.3) is 0 Å². The molecular formula is C22H38N2O2S2. The number of hydrogen-bond donors (Lipinski definition) is 1. The molecule has 4 nitrogen and oxygen atoms in total. The van der Waals surface area contributed by atoms with Gasteiger partial charge >= 0.3 is 0 Å². The molecule has 0 aromatic carbocycles. The molecule has 0 aromatic rings. The van der Waals surface area contributed by atoms with Crippen LogP contribution in [0.5, 0.6) is 0 Å². The molecule has 1 unspecified atom stereocenters. The largest absolute Gasteiger partial charge is 0.379 e. The maximum absolute atomic E-state index is 13.1. The molecule has 2 saturated carbocycles. The van der Waals surface area contributed by atoms with Crippen molar-refractivity contribution in [1.82, 2.24) is 10.2 Å². The number of carbonyl (C=O) groups is 1. The van der Waals surface area contributed by atoms with Crippen molar-refractivity contribution in [3.63, 3.8) is 0 Å². The number of morpholine rings is 1. The fraction of sp³-hybridized carbons (Fsp3) is 0.955. The van der Waals surface area contributed by atoms with E-state index in [1.165, 1.54) is 37.2 Å². The van der Waals surface area contributed by atoms with E-state index in [2.05, 4.69) is 47.6 Å². The van der Waals surface area contributed by atoms with Crippen molar-refractivity contribution >= 4 is 29.4 Å². The third-order valence-electron chi connectivity index (χ3n) is 7.84. The lowest BCUT2D eigenvalue weighted by atomic mass is 9.79. The zero-order valence-corrected chi connectivity index (χ0v) is 19.3. The molecule has 1 N–H and O–H groups in total. The third-order valence-corrected chi connectivity index (χ3v) is 11.9. The molecule has 160 valence electrons. The van der Waals surface area contributed by atoms with E-state index in [4.69, 9.17) is 4.74 Å². The molecule has 2 bridgehead atoms. The zero-order chi connectivity index (χ0) is 19.6. The van der Waals surface area contributed by atoms with Crippen molar-refractivity contribution in [3.8, 4) is 0 Å². The number of rotatable bonds is 7. The highest BCUT2D eigenvalue weighted by molar-refractivity contribution is 8.21. The number of amides is 1. The molecule has 28 heavy (non-hydrogen) atoms. The van der Waals surface area contributed by atoms with E-state index in [9.17, 15) is 4.79 Å². The van der Waals surface area contributed by atoms with E-state index in [0.717, 1.165) is 57.5 Å². The summed E-state index contributed by atoms with van der Waals surface area (Å²) in [6.07, 6.45) is 7.29. The van der Waals surface area contributed by atoms with Gasteiger partial charge in [-0.2, -0.15) is 0 Å². The first kappa shape index (κ1) is 21.3. The Kier molecular flexibility index (Phi) is 7.23. The van der Waals surface area contributed by atoms with Gasteiger partial charge in [0.2, 0.25) is 5.91 Å². The van der Waals surface area contributed by atoms with Crippen LogP contribution in [0.15, 0.2) is 0 Å². The Morgan fingerprint density at radius 1 is 1.11 bits per heavy atom. The molecule has 2 saturated heterocycles. The van der Waals surface area contributed by atoms with Crippen molar-refractivity contribution < 1.29 is 9.53 Å². The lowest BCUT2D eigenvalue weighted by Gasteiger charge is -2.43. The fourth-order valence-electron chi connectivity index (χ4n) is 6.30. The van der Waals surface area contributed by atoms with Crippen LogP contribution < -0.4 is 5.32 Å². The summed E-state index contributed by atoms with van der Waals surface area (Å²) in [6.45, 7) is 9.05. The standard InChI is InChI=1S/C22H38N2O2S2/c1-3-16(4-2)20(24-7-9-26-10-8-24)15-23-21(25)17-13-18-5-6-19(14-17)22(18)27-11-12-28-22/h16-20H,3-15H2,1-2H3,(H,23,25)/t17?,18-,19+,20-/m0/s1. The van der Waals surface area contributed by atoms with Crippen LogP contribution in [0.25, 0.3) is 0 Å². The van der Waals surface area contributed by atoms with Gasteiger partial charge < -0.3 is 10.1 Å². The van der Waals surface area contributed by atoms with Crippen molar-refractivity contribution in [1.29, 1.82) is 0 Å². The van der Waals surface area contributed by atoms with Crippen LogP contribution in [0.2, 0.25) is 0 Å². The highest BCUT2D eigenvalue weighted by atomic mass is 32.2. The van der Waals surface area contributed by atoms with Crippen LogP contribution in [0.4, 0.5) is 0 Å². The molecular weight excluding hydrogens is 388 g/mol. The Bertz CT molecular complexity index is 515. The third kappa shape index (κ3) is 4.13. The zero-order valence-electron chi connectivity index (χ0n) is 17.7. The predicted octanol–water partition coefficient (Wildman–Crippen LogP) is 3.85. The molecule has 0 radical (unpaired) electrons. The quantitative estimate of drug-likeness (QED) is 0.670. The first-order valence-corrected chi connectivity index (χ1v) is 13.5. The summed E-state index contributed by atoms with van der Waals surface area (Å²) in [5, 5.41) is 3.41. The Morgan fingerprint density at radius 3 is 2.29 bits per heavy atom. The second-order valence-corrected chi connectivity index (χ2v) is 12.1. The molecule has 1 spiro atoms. The minimum atomic E-state index is 0.247. The number of nitrogens with one attached hydrogen (secondary N) is 1. The lowest BCUT2D eigenvalue weighted by Crippen LogP contribution is -2.53. The average Bonchev–Trinajstić information content (AvgIpc) is 3.26. The maximum atomic E-state index is 13.1. The topological polar surface area (TPSA) is 41.6 Å². The van der Waals surface area contributed by atoms with E-state index >= 15 is 0 Å². The SMILES string of the molecule is CCC(CC)[C@H](CNC(=O)C1C[C@H]2CC[C@@H](C1)C21SCCS1)N1CCOCC1. The van der Waals surface area contributed by atoms with E-state index < -0.39 is 0 Å². The van der Waals surface area contributed by atoms with E-state index in [1.807, 2.05) is 0 Å². The first-order valence-electron chi connectivity index (χ1n) is 11.5. The molecule has 4 rings (SSSR count). The summed E-state index contributed by atoms with van der Waals surface area (Å²) >= 11 is 4.44. The molecule has 6 heteroatoms. The Balaban J connectivity index is 1.35. The van der Waals surface area contributed by atoms with Crippen LogP contribution >= 0.6 is 23.5 Å². The van der Waals surface area contributed by atoms with Gasteiger partial charge in [-0.3, -0.25) is 9.69 Å². The molecule has 1 amide bonds. The number of hydrogen-bond acceptors (Lipinski definition) is 5. The van der Waals surface area contributed by atoms with E-state index in [-0.39, 0.29) is 5.92 Å². The predicted molar refractivity (Wildman–Crippen MR) is 120 cm³/mol. The van der Waals surface area contributed by atoms with Gasteiger partial charge in [0.05, 0.1) is 17.3 Å². The Hall–Kier alpha value is 0.0900. The number of nitrogens with zero attached hydrogens (tertiary/aromatic N) is 1.